The minimum Gasteiger partial charge on any atom is -0.366 e. The van der Waals surface area contributed by atoms with Crippen LogP contribution in [-0.2, 0) is 6.54 Å². The minimum atomic E-state index is 0.307. The van der Waals surface area contributed by atoms with Crippen LogP contribution in [0.1, 0.15) is 25.8 Å². The summed E-state index contributed by atoms with van der Waals surface area (Å²) in [5.41, 5.74) is 3.06. The molecule has 0 amide bonds. The Morgan fingerprint density at radius 2 is 1.81 bits per heavy atom. The maximum Gasteiger partial charge on any atom is 0.225 e. The lowest BCUT2D eigenvalue weighted by molar-refractivity contribution is 0.753. The van der Waals surface area contributed by atoms with Gasteiger partial charge in [0, 0.05) is 29.2 Å². The van der Waals surface area contributed by atoms with Gasteiger partial charge in [-0.1, -0.05) is 61.0 Å². The lowest BCUT2D eigenvalue weighted by Crippen LogP contribution is -2.16. The number of aromatic nitrogens is 2. The largest absolute Gasteiger partial charge is 0.366 e. The predicted molar refractivity (Wildman–Crippen MR) is 110 cm³/mol. The van der Waals surface area contributed by atoms with Crippen molar-refractivity contribution < 1.29 is 0 Å². The van der Waals surface area contributed by atoms with Crippen LogP contribution in [0.25, 0.3) is 11.3 Å². The molecular formula is C21H23ClN4. The van der Waals surface area contributed by atoms with Crippen molar-refractivity contribution in [1.82, 2.24) is 9.97 Å². The molecule has 0 bridgehead atoms. The molecule has 0 aliphatic rings. The van der Waals surface area contributed by atoms with Crippen molar-refractivity contribution in [2.24, 2.45) is 0 Å². The zero-order chi connectivity index (χ0) is 18.4. The van der Waals surface area contributed by atoms with Crippen LogP contribution in [0.15, 0.2) is 60.7 Å². The highest BCUT2D eigenvalue weighted by Crippen LogP contribution is 2.22. The molecule has 134 valence electrons. The number of hydrogen-bond donors (Lipinski definition) is 2. The van der Waals surface area contributed by atoms with Gasteiger partial charge in [0.25, 0.3) is 0 Å². The van der Waals surface area contributed by atoms with Crippen molar-refractivity contribution in [3.63, 3.8) is 0 Å². The third kappa shape index (κ3) is 4.96. The molecule has 0 radical (unpaired) electrons. The first-order valence-corrected chi connectivity index (χ1v) is 9.21. The fourth-order valence-electron chi connectivity index (χ4n) is 2.52. The van der Waals surface area contributed by atoms with Crippen LogP contribution in [0.5, 0.6) is 0 Å². The Morgan fingerprint density at radius 1 is 1.00 bits per heavy atom. The van der Waals surface area contributed by atoms with Gasteiger partial charge in [-0.3, -0.25) is 0 Å². The Hall–Kier alpha value is -2.59. The zero-order valence-electron chi connectivity index (χ0n) is 15.0. The van der Waals surface area contributed by atoms with Gasteiger partial charge in [-0.05, 0) is 31.0 Å². The van der Waals surface area contributed by atoms with Crippen molar-refractivity contribution in [1.29, 1.82) is 0 Å². The van der Waals surface area contributed by atoms with Crippen LogP contribution < -0.4 is 10.6 Å². The van der Waals surface area contributed by atoms with E-state index in [0.29, 0.717) is 18.5 Å². The second kappa shape index (κ2) is 8.68. The molecule has 0 aliphatic heterocycles. The Labute approximate surface area is 159 Å². The molecule has 2 aromatic carbocycles. The Kier molecular flexibility index (Phi) is 6.08. The van der Waals surface area contributed by atoms with Gasteiger partial charge in [0.2, 0.25) is 5.95 Å². The third-order valence-corrected chi connectivity index (χ3v) is 4.38. The summed E-state index contributed by atoms with van der Waals surface area (Å²) in [6, 6.07) is 20.2. The van der Waals surface area contributed by atoms with Crippen LogP contribution in [0, 0.1) is 0 Å². The molecule has 0 aliphatic carbocycles. The Bertz CT molecular complexity index is 852. The van der Waals surface area contributed by atoms with E-state index in [2.05, 4.69) is 46.6 Å². The van der Waals surface area contributed by atoms with Crippen LogP contribution in [0.4, 0.5) is 11.8 Å². The van der Waals surface area contributed by atoms with Crippen LogP contribution in [0.2, 0.25) is 5.02 Å². The van der Waals surface area contributed by atoms with Crippen molar-refractivity contribution in [2.45, 2.75) is 32.9 Å². The second-order valence-electron chi connectivity index (χ2n) is 6.27. The van der Waals surface area contributed by atoms with Crippen LogP contribution in [0.3, 0.4) is 0 Å². The van der Waals surface area contributed by atoms with Crippen molar-refractivity contribution in [3.05, 3.63) is 71.2 Å². The standard InChI is InChI=1S/C21H23ClN4/c1-3-15(2)24-21-25-19(17-9-5-4-6-10-17)13-20(26-21)23-14-16-8-7-11-18(22)12-16/h4-13,15H,3,14H2,1-2H3,(H2,23,24,25,26)/t15-/m1/s1. The monoisotopic (exact) mass is 366 g/mol. The molecule has 0 spiro atoms. The average Bonchev–Trinajstić information content (AvgIpc) is 2.67. The average molecular weight is 367 g/mol. The van der Waals surface area contributed by atoms with Gasteiger partial charge in [-0.2, -0.15) is 4.98 Å². The van der Waals surface area contributed by atoms with Gasteiger partial charge < -0.3 is 10.6 Å². The van der Waals surface area contributed by atoms with Gasteiger partial charge >= 0.3 is 0 Å². The third-order valence-electron chi connectivity index (χ3n) is 4.15. The highest BCUT2D eigenvalue weighted by Gasteiger charge is 2.09. The summed E-state index contributed by atoms with van der Waals surface area (Å²) in [4.78, 5) is 9.30. The van der Waals surface area contributed by atoms with E-state index in [1.165, 1.54) is 0 Å². The lowest BCUT2D eigenvalue weighted by atomic mass is 10.1. The molecule has 1 atom stereocenters. The highest BCUT2D eigenvalue weighted by molar-refractivity contribution is 6.30. The maximum absolute atomic E-state index is 6.07. The summed E-state index contributed by atoms with van der Waals surface area (Å²) in [6.07, 6.45) is 1.00. The van der Waals surface area contributed by atoms with Crippen LogP contribution in [-0.4, -0.2) is 16.0 Å². The smallest absolute Gasteiger partial charge is 0.225 e. The first-order chi connectivity index (χ1) is 12.6. The molecule has 4 nitrogen and oxygen atoms in total. The van der Waals surface area contributed by atoms with Gasteiger partial charge in [0.15, 0.2) is 0 Å². The summed E-state index contributed by atoms with van der Waals surface area (Å²) in [5, 5.41) is 7.48. The van der Waals surface area contributed by atoms with E-state index in [0.717, 1.165) is 34.1 Å². The number of halogens is 1. The fraction of sp³-hybridized carbons (Fsp3) is 0.238. The summed E-state index contributed by atoms with van der Waals surface area (Å²) >= 11 is 6.07. The first kappa shape index (κ1) is 18.2. The quantitative estimate of drug-likeness (QED) is 0.569. The van der Waals surface area contributed by atoms with E-state index < -0.39 is 0 Å². The molecular weight excluding hydrogens is 344 g/mol. The van der Waals surface area contributed by atoms with E-state index in [-0.39, 0.29) is 0 Å². The Morgan fingerprint density at radius 3 is 2.54 bits per heavy atom. The number of anilines is 2. The van der Waals surface area contributed by atoms with Crippen molar-refractivity contribution >= 4 is 23.4 Å². The van der Waals surface area contributed by atoms with Crippen molar-refractivity contribution in [2.75, 3.05) is 10.6 Å². The molecule has 3 aromatic rings. The molecule has 0 saturated carbocycles. The summed E-state index contributed by atoms with van der Waals surface area (Å²) in [5.74, 6) is 1.42. The molecule has 1 aromatic heterocycles. The van der Waals surface area contributed by atoms with E-state index in [1.54, 1.807) is 0 Å². The minimum absolute atomic E-state index is 0.307. The molecule has 3 rings (SSSR count). The molecule has 0 saturated heterocycles. The predicted octanol–water partition coefficient (Wildman–Crippen LogP) is 5.62. The number of rotatable bonds is 7. The molecule has 1 heterocycles. The molecule has 2 N–H and O–H groups in total. The highest BCUT2D eigenvalue weighted by atomic mass is 35.5. The maximum atomic E-state index is 6.07. The molecule has 0 fully saturated rings. The van der Waals surface area contributed by atoms with E-state index in [1.807, 2.05) is 48.5 Å². The van der Waals surface area contributed by atoms with Crippen molar-refractivity contribution in [3.8, 4) is 11.3 Å². The number of benzene rings is 2. The fourth-order valence-corrected chi connectivity index (χ4v) is 2.73. The zero-order valence-corrected chi connectivity index (χ0v) is 15.8. The summed E-state index contributed by atoms with van der Waals surface area (Å²) in [7, 11) is 0. The topological polar surface area (TPSA) is 49.8 Å². The molecule has 0 unspecified atom stereocenters. The number of hydrogen-bond acceptors (Lipinski definition) is 4. The first-order valence-electron chi connectivity index (χ1n) is 8.83. The van der Waals surface area contributed by atoms with Gasteiger partial charge in [0.05, 0.1) is 5.69 Å². The Balaban J connectivity index is 1.86. The summed E-state index contributed by atoms with van der Waals surface area (Å²) < 4.78 is 0. The van der Waals surface area contributed by atoms with E-state index >= 15 is 0 Å². The van der Waals surface area contributed by atoms with E-state index in [9.17, 15) is 0 Å². The second-order valence-corrected chi connectivity index (χ2v) is 6.70. The van der Waals surface area contributed by atoms with Crippen LogP contribution >= 0.6 is 11.6 Å². The van der Waals surface area contributed by atoms with Gasteiger partial charge in [-0.25, -0.2) is 4.98 Å². The number of nitrogens with zero attached hydrogens (tertiary/aromatic N) is 2. The van der Waals surface area contributed by atoms with Gasteiger partial charge in [-0.15, -0.1) is 0 Å². The SMILES string of the molecule is CC[C@@H](C)Nc1nc(NCc2cccc(Cl)c2)cc(-c2ccccc2)n1. The molecule has 26 heavy (non-hydrogen) atoms. The summed E-state index contributed by atoms with van der Waals surface area (Å²) in [6.45, 7) is 4.91. The number of nitrogens with one attached hydrogen (secondary N) is 2. The van der Waals surface area contributed by atoms with Gasteiger partial charge in [0.1, 0.15) is 5.82 Å². The molecule has 5 heteroatoms. The normalized spacial score (nSPS) is 11.8. The lowest BCUT2D eigenvalue weighted by Gasteiger charge is -2.14. The van der Waals surface area contributed by atoms with E-state index in [4.69, 9.17) is 11.6 Å².